The summed E-state index contributed by atoms with van der Waals surface area (Å²) < 4.78 is 59.6. The summed E-state index contributed by atoms with van der Waals surface area (Å²) in [5.74, 6) is -0.569. The molecule has 2 atom stereocenters. The number of fused-ring (bicyclic) bond motifs is 1. The molecule has 1 saturated carbocycles. The smallest absolute Gasteiger partial charge is 0.254 e. The predicted octanol–water partition coefficient (Wildman–Crippen LogP) is 2.40. The summed E-state index contributed by atoms with van der Waals surface area (Å²) in [5, 5.41) is 0. The Morgan fingerprint density at radius 3 is 2.50 bits per heavy atom. The average Bonchev–Trinajstić information content (AvgIpc) is 2.63. The number of aryl methyl sites for hydroxylation is 2. The van der Waals surface area contributed by atoms with Gasteiger partial charge in [-0.1, -0.05) is 6.07 Å². The van der Waals surface area contributed by atoms with E-state index in [-0.39, 0.29) is 18.3 Å². The molecule has 0 aromatic carbocycles. The van der Waals surface area contributed by atoms with E-state index in [1.165, 1.54) is 0 Å². The Morgan fingerprint density at radius 2 is 1.89 bits per heavy atom. The van der Waals surface area contributed by atoms with E-state index in [9.17, 15) is 22.0 Å². The zero-order chi connectivity index (χ0) is 20.5. The summed E-state index contributed by atoms with van der Waals surface area (Å²) in [6.07, 6.45) is 1.80. The highest BCUT2D eigenvalue weighted by Gasteiger charge is 2.34. The number of hydrogen-bond acceptors (Lipinski definition) is 4. The fourth-order valence-corrected chi connectivity index (χ4v) is 5.11. The largest absolute Gasteiger partial charge is 0.376 e. The predicted molar refractivity (Wildman–Crippen MR) is 102 cm³/mol. The van der Waals surface area contributed by atoms with Crippen molar-refractivity contribution < 1.29 is 21.9 Å². The molecule has 1 fully saturated rings. The molecule has 1 N–H and O–H groups in total. The van der Waals surface area contributed by atoms with Crippen LogP contribution in [0.15, 0.2) is 16.9 Å². The summed E-state index contributed by atoms with van der Waals surface area (Å²) >= 11 is 0. The number of pyridine rings is 1. The SMILES string of the molecule is Cc1ccc2n(c1=O)[C@@H](COC1CCC(C(F)F)CC1)[C@@H](NS(C)(=O)=O)CC2. The minimum Gasteiger partial charge on any atom is -0.376 e. The van der Waals surface area contributed by atoms with Gasteiger partial charge in [-0.25, -0.2) is 21.9 Å². The molecule has 0 amide bonds. The molecule has 1 aliphatic carbocycles. The van der Waals surface area contributed by atoms with Gasteiger partial charge in [-0.15, -0.1) is 0 Å². The average molecular weight is 419 g/mol. The van der Waals surface area contributed by atoms with E-state index in [1.807, 2.05) is 6.07 Å². The normalized spacial score (nSPS) is 28.3. The van der Waals surface area contributed by atoms with E-state index in [1.54, 1.807) is 17.6 Å². The minimum atomic E-state index is -3.45. The molecule has 2 heterocycles. The molecule has 0 unspecified atom stereocenters. The number of hydrogen-bond donors (Lipinski definition) is 1. The van der Waals surface area contributed by atoms with Crippen LogP contribution in [0.5, 0.6) is 0 Å². The maximum Gasteiger partial charge on any atom is 0.254 e. The first-order chi connectivity index (χ1) is 13.2. The molecule has 158 valence electrons. The van der Waals surface area contributed by atoms with Gasteiger partial charge in [0.1, 0.15) is 0 Å². The van der Waals surface area contributed by atoms with Crippen molar-refractivity contribution in [3.05, 3.63) is 33.7 Å². The van der Waals surface area contributed by atoms with E-state index in [2.05, 4.69) is 4.72 Å². The van der Waals surface area contributed by atoms with Crippen molar-refractivity contribution >= 4 is 10.0 Å². The first-order valence-corrected chi connectivity index (χ1v) is 11.6. The van der Waals surface area contributed by atoms with Crippen LogP contribution in [-0.4, -0.2) is 44.4 Å². The summed E-state index contributed by atoms with van der Waals surface area (Å²) in [6, 6.07) is 2.77. The topological polar surface area (TPSA) is 77.4 Å². The van der Waals surface area contributed by atoms with E-state index in [0.717, 1.165) is 11.9 Å². The highest BCUT2D eigenvalue weighted by molar-refractivity contribution is 7.88. The van der Waals surface area contributed by atoms with Crippen molar-refractivity contribution in [2.75, 3.05) is 12.9 Å². The third kappa shape index (κ3) is 4.99. The van der Waals surface area contributed by atoms with Crippen LogP contribution >= 0.6 is 0 Å². The van der Waals surface area contributed by atoms with Crippen molar-refractivity contribution in [1.82, 2.24) is 9.29 Å². The molecule has 1 aromatic heterocycles. The first kappa shape index (κ1) is 21.4. The maximum absolute atomic E-state index is 12.8. The number of nitrogens with one attached hydrogen (secondary N) is 1. The van der Waals surface area contributed by atoms with Gasteiger partial charge in [-0.3, -0.25) is 4.79 Å². The second kappa shape index (κ2) is 8.59. The van der Waals surface area contributed by atoms with Gasteiger partial charge in [0.2, 0.25) is 16.4 Å². The van der Waals surface area contributed by atoms with Crippen LogP contribution in [0.1, 0.15) is 49.4 Å². The van der Waals surface area contributed by atoms with Gasteiger partial charge in [-0.05, 0) is 51.5 Å². The third-order valence-corrected chi connectivity index (χ3v) is 6.57. The van der Waals surface area contributed by atoms with Crippen LogP contribution < -0.4 is 10.3 Å². The molecule has 28 heavy (non-hydrogen) atoms. The Bertz CT molecular complexity index is 848. The number of nitrogens with zero attached hydrogens (tertiary/aromatic N) is 1. The van der Waals surface area contributed by atoms with E-state index >= 15 is 0 Å². The Labute approximate surface area is 164 Å². The van der Waals surface area contributed by atoms with Crippen molar-refractivity contribution in [2.45, 2.75) is 70.1 Å². The molecule has 6 nitrogen and oxygen atoms in total. The monoisotopic (exact) mass is 418 g/mol. The Morgan fingerprint density at radius 1 is 1.21 bits per heavy atom. The van der Waals surface area contributed by atoms with E-state index in [4.69, 9.17) is 4.74 Å². The van der Waals surface area contributed by atoms with Gasteiger partial charge in [0.15, 0.2) is 0 Å². The van der Waals surface area contributed by atoms with Crippen LogP contribution in [-0.2, 0) is 21.2 Å². The van der Waals surface area contributed by atoms with Gasteiger partial charge in [0, 0.05) is 23.2 Å². The second-order valence-corrected chi connectivity index (χ2v) is 9.77. The fraction of sp³-hybridized carbons (Fsp3) is 0.737. The second-order valence-electron chi connectivity index (χ2n) is 7.99. The summed E-state index contributed by atoms with van der Waals surface area (Å²) in [4.78, 5) is 12.8. The molecular weight excluding hydrogens is 390 g/mol. The summed E-state index contributed by atoms with van der Waals surface area (Å²) in [5.41, 5.74) is 1.30. The molecule has 3 rings (SSSR count). The van der Waals surface area contributed by atoms with Crippen LogP contribution in [0.2, 0.25) is 0 Å². The third-order valence-electron chi connectivity index (χ3n) is 5.84. The van der Waals surface area contributed by atoms with E-state index < -0.39 is 34.5 Å². The highest BCUT2D eigenvalue weighted by Crippen LogP contribution is 2.32. The molecule has 0 saturated heterocycles. The molecule has 9 heteroatoms. The van der Waals surface area contributed by atoms with Gasteiger partial charge in [-0.2, -0.15) is 0 Å². The number of alkyl halides is 2. The van der Waals surface area contributed by atoms with Gasteiger partial charge in [0.05, 0.1) is 25.0 Å². The lowest BCUT2D eigenvalue weighted by molar-refractivity contribution is -0.0288. The maximum atomic E-state index is 12.8. The Balaban J connectivity index is 1.77. The fourth-order valence-electron chi connectivity index (χ4n) is 4.28. The Kier molecular flexibility index (Phi) is 6.56. The lowest BCUT2D eigenvalue weighted by Crippen LogP contribution is -2.49. The van der Waals surface area contributed by atoms with Crippen LogP contribution in [0.3, 0.4) is 0 Å². The van der Waals surface area contributed by atoms with Crippen molar-refractivity contribution in [1.29, 1.82) is 0 Å². The van der Waals surface area contributed by atoms with Crippen LogP contribution in [0.4, 0.5) is 8.78 Å². The van der Waals surface area contributed by atoms with Gasteiger partial charge in [0.25, 0.3) is 5.56 Å². The molecule has 0 radical (unpaired) electrons. The number of ether oxygens (including phenoxy) is 1. The van der Waals surface area contributed by atoms with E-state index in [0.29, 0.717) is 44.1 Å². The van der Waals surface area contributed by atoms with Crippen LogP contribution in [0.25, 0.3) is 0 Å². The first-order valence-electron chi connectivity index (χ1n) is 9.74. The summed E-state index contributed by atoms with van der Waals surface area (Å²) in [6.45, 7) is 1.90. The number of sulfonamides is 1. The minimum absolute atomic E-state index is 0.139. The van der Waals surface area contributed by atoms with Crippen LogP contribution in [0, 0.1) is 12.8 Å². The molecular formula is C19H28F2N2O4S. The molecule has 1 aromatic rings. The lowest BCUT2D eigenvalue weighted by Gasteiger charge is -2.37. The molecule has 1 aliphatic heterocycles. The molecule has 0 spiro atoms. The standard InChI is InChI=1S/C19H28F2N2O4S/c1-12-3-6-14-7-10-16(22-28(2,25)26)17(23(14)19(12)24)11-27-15-8-4-13(5-9-15)18(20)21/h3,6,13,15-18,22H,4-5,7-11H2,1-2H3/t13?,15?,16-,17-/m0/s1. The highest BCUT2D eigenvalue weighted by atomic mass is 32.2. The zero-order valence-electron chi connectivity index (χ0n) is 16.2. The Hall–Kier alpha value is -1.32. The number of halogens is 2. The lowest BCUT2D eigenvalue weighted by atomic mass is 9.87. The van der Waals surface area contributed by atoms with Crippen molar-refractivity contribution in [3.63, 3.8) is 0 Å². The molecule has 2 aliphatic rings. The summed E-state index contributed by atoms with van der Waals surface area (Å²) in [7, 11) is -3.45. The van der Waals surface area contributed by atoms with Gasteiger partial charge >= 0.3 is 0 Å². The van der Waals surface area contributed by atoms with Gasteiger partial charge < -0.3 is 9.30 Å². The molecule has 0 bridgehead atoms. The number of aromatic nitrogens is 1. The number of rotatable bonds is 6. The van der Waals surface area contributed by atoms with Crippen molar-refractivity contribution in [3.8, 4) is 0 Å². The quantitative estimate of drug-likeness (QED) is 0.770. The zero-order valence-corrected chi connectivity index (χ0v) is 17.1. The van der Waals surface area contributed by atoms with Crippen molar-refractivity contribution in [2.24, 2.45) is 5.92 Å².